The second-order valence-electron chi connectivity index (χ2n) is 17.6. The second-order valence-corrected chi connectivity index (χ2v) is 17.9. The molecule has 7 N–H and O–H groups in total. The van der Waals surface area contributed by atoms with E-state index in [4.69, 9.17) is 47.9 Å². The van der Waals surface area contributed by atoms with Crippen LogP contribution in [0.15, 0.2) is 109 Å². The van der Waals surface area contributed by atoms with Gasteiger partial charge in [-0.15, -0.1) is 11.6 Å². The number of hydrogen-bond acceptors (Lipinski definition) is 14. The van der Waals surface area contributed by atoms with Gasteiger partial charge in [-0.1, -0.05) is 60.7 Å². The maximum atomic E-state index is 14.3. The van der Waals surface area contributed by atoms with Gasteiger partial charge in [0, 0.05) is 42.8 Å². The molecule has 0 fully saturated rings. The van der Waals surface area contributed by atoms with Crippen LogP contribution in [0.25, 0.3) is 44.1 Å². The van der Waals surface area contributed by atoms with E-state index in [1.807, 2.05) is 48.5 Å². The molecule has 4 heterocycles. The van der Waals surface area contributed by atoms with Crippen LogP contribution < -0.4 is 11.5 Å². The minimum Gasteiger partial charge on any atom is -0.394 e. The number of nitrogens with two attached hydrogens (primary N) is 2. The lowest BCUT2D eigenvalue weighted by molar-refractivity contribution is 0.0274. The van der Waals surface area contributed by atoms with Gasteiger partial charge in [0.1, 0.15) is 11.4 Å². The Labute approximate surface area is 444 Å². The minimum atomic E-state index is -1.00. The van der Waals surface area contributed by atoms with E-state index in [1.54, 1.807) is 46.2 Å². The first-order chi connectivity index (χ1) is 37.3. The fourth-order valence-electron chi connectivity index (χ4n) is 8.85. The summed E-state index contributed by atoms with van der Waals surface area (Å²) >= 11 is 5.97. The van der Waals surface area contributed by atoms with Gasteiger partial charge in [-0.25, -0.2) is 37.5 Å². The number of aliphatic hydroxyl groups is 3. The second kappa shape index (κ2) is 25.9. The van der Waals surface area contributed by atoms with Gasteiger partial charge in [-0.05, 0) is 104 Å². The third kappa shape index (κ3) is 13.3. The smallest absolute Gasteiger partial charge is 0.273 e. The molecule has 2 aliphatic rings. The number of halogens is 5. The van der Waals surface area contributed by atoms with Crippen molar-refractivity contribution in [2.75, 3.05) is 64.3 Å². The zero-order valence-electron chi connectivity index (χ0n) is 41.4. The average Bonchev–Trinajstić information content (AvgIpc) is 4.09. The van der Waals surface area contributed by atoms with Gasteiger partial charge in [0.2, 0.25) is 11.9 Å². The quantitative estimate of drug-likeness (QED) is 0.0352. The van der Waals surface area contributed by atoms with Gasteiger partial charge in [0.15, 0.2) is 23.3 Å². The van der Waals surface area contributed by atoms with Crippen molar-refractivity contribution in [3.05, 3.63) is 177 Å². The number of fused-ring (bicyclic) bond motifs is 4. The summed E-state index contributed by atoms with van der Waals surface area (Å²) in [5.74, 6) is -4.56. The Bertz CT molecular complexity index is 3380. The van der Waals surface area contributed by atoms with E-state index in [0.717, 1.165) is 46.5 Å². The molecule has 0 bridgehead atoms. The normalized spacial score (nSPS) is 12.5. The zero-order valence-corrected chi connectivity index (χ0v) is 42.2. The predicted octanol–water partition coefficient (Wildman–Crippen LogP) is 7.88. The van der Waals surface area contributed by atoms with Crippen LogP contribution in [0.3, 0.4) is 0 Å². The summed E-state index contributed by atoms with van der Waals surface area (Å²) in [4.78, 5) is 47.3. The van der Waals surface area contributed by atoms with Crippen LogP contribution in [0.1, 0.15) is 54.4 Å². The molecule has 0 saturated carbocycles. The number of carbonyl (C=O) groups is 2. The summed E-state index contributed by atoms with van der Waals surface area (Å²) in [6.07, 6.45) is 0. The summed E-state index contributed by atoms with van der Waals surface area (Å²) in [5, 5.41) is 25.9. The molecule has 8 aromatic rings. The topological polar surface area (TPSA) is 233 Å². The van der Waals surface area contributed by atoms with Gasteiger partial charge in [0.05, 0.1) is 70.5 Å². The molecule has 0 radical (unpaired) electrons. The van der Waals surface area contributed by atoms with Gasteiger partial charge >= 0.3 is 0 Å². The summed E-state index contributed by atoms with van der Waals surface area (Å²) in [7, 11) is 0. The Morgan fingerprint density at radius 3 is 1.30 bits per heavy atom. The van der Waals surface area contributed by atoms with Gasteiger partial charge in [0.25, 0.3) is 11.8 Å². The number of hydrogen-bond donors (Lipinski definition) is 5. The molecule has 0 aliphatic carbocycles. The third-order valence-electron chi connectivity index (χ3n) is 12.5. The molecule has 10 rings (SSSR count). The molecular weight excluding hydrogens is 1020 g/mol. The van der Waals surface area contributed by atoms with Crippen LogP contribution in [0.5, 0.6) is 0 Å². The van der Waals surface area contributed by atoms with E-state index >= 15 is 0 Å². The predicted molar refractivity (Wildman–Crippen MR) is 281 cm³/mol. The molecular formula is C56H53ClF4N8O8. The van der Waals surface area contributed by atoms with Crippen LogP contribution >= 0.6 is 11.6 Å². The molecule has 6 aromatic carbocycles. The third-order valence-corrected chi connectivity index (χ3v) is 12.8. The molecule has 2 aliphatic heterocycles. The van der Waals surface area contributed by atoms with Crippen molar-refractivity contribution < 1.29 is 56.7 Å². The van der Waals surface area contributed by atoms with E-state index in [-0.39, 0.29) is 87.2 Å². The molecule has 2 amide bonds. The number of carbonyl (C=O) groups excluding carboxylic acids is 2. The Hall–Kier alpha value is -7.69. The lowest BCUT2D eigenvalue weighted by Crippen LogP contribution is -2.27. The Morgan fingerprint density at radius 1 is 0.506 bits per heavy atom. The molecule has 16 nitrogen and oxygen atoms in total. The first-order valence-corrected chi connectivity index (χ1v) is 24.8. The van der Waals surface area contributed by atoms with Crippen molar-refractivity contribution in [3.8, 4) is 22.3 Å². The van der Waals surface area contributed by atoms with Crippen LogP contribution in [0.4, 0.5) is 29.5 Å². The van der Waals surface area contributed by atoms with E-state index in [0.29, 0.717) is 94.6 Å². The van der Waals surface area contributed by atoms with Crippen LogP contribution in [-0.4, -0.2) is 110 Å². The lowest BCUT2D eigenvalue weighted by atomic mass is 9.97. The molecule has 400 valence electrons. The number of aliphatic hydroxyl groups excluding tert-OH is 3. The number of benzene rings is 6. The first-order valence-electron chi connectivity index (χ1n) is 24.3. The van der Waals surface area contributed by atoms with Crippen molar-refractivity contribution in [3.63, 3.8) is 0 Å². The Balaban J connectivity index is 0.000000183. The minimum absolute atomic E-state index is 0.000627. The summed E-state index contributed by atoms with van der Waals surface area (Å²) < 4.78 is 71.5. The number of ether oxygens (including phenoxy) is 3. The van der Waals surface area contributed by atoms with Crippen molar-refractivity contribution in [2.45, 2.75) is 38.7 Å². The molecule has 21 heteroatoms. The van der Waals surface area contributed by atoms with E-state index < -0.39 is 23.3 Å². The first kappa shape index (κ1) is 55.5. The van der Waals surface area contributed by atoms with E-state index in [1.165, 1.54) is 0 Å². The van der Waals surface area contributed by atoms with Crippen molar-refractivity contribution >= 4 is 57.1 Å². The highest BCUT2D eigenvalue weighted by molar-refractivity contribution is 6.17. The molecule has 2 aromatic heterocycles. The highest BCUT2D eigenvalue weighted by Crippen LogP contribution is 2.34. The number of nitrogens with zero attached hydrogens (tertiary/aromatic N) is 6. The van der Waals surface area contributed by atoms with Gasteiger partial charge < -0.3 is 50.8 Å². The Morgan fingerprint density at radius 2 is 0.883 bits per heavy atom. The van der Waals surface area contributed by atoms with Crippen LogP contribution in [0, 0.1) is 23.3 Å². The lowest BCUT2D eigenvalue weighted by Gasteiger charge is -2.17. The van der Waals surface area contributed by atoms with E-state index in [9.17, 15) is 27.2 Å². The van der Waals surface area contributed by atoms with Gasteiger partial charge in [-0.2, -0.15) is 0 Å². The SMILES string of the molecule is Nc1nc(C(=O)N2Cc3ccccc3C2)c2cc(-c3cc(F)c(F)cc3CCl)ccc2n1.Nc1nc(C(=O)N2Cc3ccccc3C2)c2cc(-c3cc(F)c(F)cc3COCCOCCO)ccc2n1.OCCOCCO. The molecule has 77 heavy (non-hydrogen) atoms. The van der Waals surface area contributed by atoms with Crippen LogP contribution in [0.2, 0.25) is 0 Å². The highest BCUT2D eigenvalue weighted by Gasteiger charge is 2.29. The zero-order chi connectivity index (χ0) is 54.6. The van der Waals surface area contributed by atoms with Crippen molar-refractivity contribution in [2.24, 2.45) is 0 Å². The number of rotatable bonds is 16. The van der Waals surface area contributed by atoms with Gasteiger partial charge in [-0.3, -0.25) is 9.59 Å². The number of anilines is 2. The average molecular weight is 1080 g/mol. The molecule has 0 saturated heterocycles. The number of alkyl halides is 1. The largest absolute Gasteiger partial charge is 0.394 e. The number of aromatic nitrogens is 4. The van der Waals surface area contributed by atoms with Crippen molar-refractivity contribution in [1.29, 1.82) is 0 Å². The number of nitrogen functional groups attached to an aromatic ring is 2. The standard InChI is InChI=1S/C28H26F2N4O4.C24H17ClF2N4O.C4H10O3/c29-23-12-20(16-38-10-9-37-8-7-35)21(13-24(23)30)17-5-6-25-22(11-17)26(33-28(31)32-25)27(36)34-14-18-3-1-2-4-19(18)15-34;25-10-16-8-19(26)20(27)9-17(16)13-5-6-21-18(7-13)22(30-24(28)29-21)23(32)31-11-14-3-1-2-4-15(14)12-31;5-1-3-7-4-2-6/h1-6,11-13,35H,7-10,14-16H2,(H2,31,32,33);1-9H,10-12H2,(H2,28,29,30);5-6H,1-4H2. The molecule has 0 unspecified atom stereocenters. The fraction of sp³-hybridized carbons (Fsp3) is 0.250. The Kier molecular flexibility index (Phi) is 18.7. The number of amides is 2. The fourth-order valence-corrected chi connectivity index (χ4v) is 9.07. The van der Waals surface area contributed by atoms with Crippen molar-refractivity contribution in [1.82, 2.24) is 29.7 Å². The summed E-state index contributed by atoms with van der Waals surface area (Å²) in [5.41, 5.74) is 20.2. The maximum absolute atomic E-state index is 14.3. The highest BCUT2D eigenvalue weighted by atomic mass is 35.5. The maximum Gasteiger partial charge on any atom is 0.273 e. The molecule has 0 spiro atoms. The summed E-state index contributed by atoms with van der Waals surface area (Å²) in [6, 6.07) is 30.2. The monoisotopic (exact) mass is 1080 g/mol. The van der Waals surface area contributed by atoms with Crippen LogP contribution in [-0.2, 0) is 52.9 Å². The van der Waals surface area contributed by atoms with E-state index in [2.05, 4.69) is 24.7 Å². The molecule has 0 atom stereocenters. The summed E-state index contributed by atoms with van der Waals surface area (Å²) in [6.45, 7) is 3.09.